The molecule has 0 aliphatic carbocycles. The molecule has 0 saturated heterocycles. The van der Waals surface area contributed by atoms with Crippen molar-refractivity contribution < 1.29 is 0 Å². The third-order valence-electron chi connectivity index (χ3n) is 0.698. The van der Waals surface area contributed by atoms with Gasteiger partial charge in [0.15, 0.2) is 0 Å². The average Bonchev–Trinajstić information content (AvgIpc) is 1.69. The number of hydrogen-bond acceptors (Lipinski definition) is 1. The Bertz CT molecular complexity index is 30.9. The first-order valence-electron chi connectivity index (χ1n) is 2.40. The highest BCUT2D eigenvalue weighted by molar-refractivity contribution is 6.33. The van der Waals surface area contributed by atoms with E-state index in [2.05, 4.69) is 11.4 Å². The maximum Gasteiger partial charge on any atom is 0.0343 e. The first-order chi connectivity index (χ1) is 3.41. The van der Waals surface area contributed by atoms with Gasteiger partial charge < -0.3 is 0 Å². The molecule has 0 aliphatic rings. The third kappa shape index (κ3) is 6.47. The van der Waals surface area contributed by atoms with Gasteiger partial charge in [0.2, 0.25) is 0 Å². The van der Waals surface area contributed by atoms with Gasteiger partial charge in [-0.3, -0.25) is 0 Å². The minimum Gasteiger partial charge on any atom is -0.234 e. The summed E-state index contributed by atoms with van der Waals surface area (Å²) < 4.78 is 0. The lowest BCUT2D eigenvalue weighted by Gasteiger charge is -1.90. The zero-order valence-electron chi connectivity index (χ0n) is 4.50. The molecule has 42 valence electrons. The molecular weight excluding hydrogens is 126 g/mol. The predicted octanol–water partition coefficient (Wildman–Crippen LogP) is 1.29. The van der Waals surface area contributed by atoms with Crippen LogP contribution in [0.1, 0.15) is 6.42 Å². The zero-order chi connectivity index (χ0) is 5.54. The van der Waals surface area contributed by atoms with Crippen molar-refractivity contribution in [1.29, 1.82) is 0 Å². The number of hydrogen-bond donors (Lipinski definition) is 1. The molecule has 0 heterocycles. The fourth-order valence-electron chi connectivity index (χ4n) is 0.332. The van der Waals surface area contributed by atoms with Gasteiger partial charge in [-0.25, -0.2) is 4.84 Å². The molecule has 2 radical (unpaired) electrons. The average molecular weight is 136 g/mol. The van der Waals surface area contributed by atoms with Crippen molar-refractivity contribution in [2.24, 2.45) is 0 Å². The predicted molar refractivity (Wildman–Crippen MR) is 34.9 cm³/mol. The maximum absolute atomic E-state index is 5.19. The van der Waals surface area contributed by atoms with Gasteiger partial charge in [-0.1, -0.05) is 12.6 Å². The van der Waals surface area contributed by atoms with Crippen molar-refractivity contribution in [2.45, 2.75) is 19.0 Å². The van der Waals surface area contributed by atoms with Gasteiger partial charge in [0.05, 0.1) is 0 Å². The molecule has 7 heavy (non-hydrogen) atoms. The Morgan fingerprint density at radius 3 is 2.86 bits per heavy atom. The van der Waals surface area contributed by atoms with Crippen LogP contribution < -0.4 is 4.84 Å². The summed E-state index contributed by atoms with van der Waals surface area (Å²) in [5.41, 5.74) is 0. The first kappa shape index (κ1) is 7.47. The summed E-state index contributed by atoms with van der Waals surface area (Å²) in [5, 5.41) is 0. The van der Waals surface area contributed by atoms with Crippen LogP contribution in [0.4, 0.5) is 0 Å². The Morgan fingerprint density at radius 1 is 1.71 bits per heavy atom. The van der Waals surface area contributed by atoms with Crippen molar-refractivity contribution in [3.05, 3.63) is 0 Å². The molecule has 0 fully saturated rings. The van der Waals surface area contributed by atoms with E-state index >= 15 is 0 Å². The molecule has 1 N–H and O–H groups in total. The second-order valence-corrected chi connectivity index (χ2v) is 2.82. The summed E-state index contributed by atoms with van der Waals surface area (Å²) in [6, 6.07) is 1.31. The molecule has 0 atom stereocenters. The van der Waals surface area contributed by atoms with Gasteiger partial charge in [-0.2, -0.15) is 0 Å². The fraction of sp³-hybridized carbons (Fsp3) is 1.00. The third-order valence-corrected chi connectivity index (χ3v) is 1.74. The minimum atomic E-state index is 0.947. The van der Waals surface area contributed by atoms with Crippen LogP contribution in [0, 0.1) is 0 Å². The molecule has 1 nitrogen and oxygen atoms in total. The number of rotatable bonds is 4. The lowest BCUT2D eigenvalue weighted by atomic mass is 10.5. The van der Waals surface area contributed by atoms with E-state index in [0.29, 0.717) is 0 Å². The van der Waals surface area contributed by atoms with Crippen LogP contribution in [0.5, 0.6) is 0 Å². The van der Waals surface area contributed by atoms with E-state index in [4.69, 9.17) is 11.8 Å². The highest BCUT2D eigenvalue weighted by Crippen LogP contribution is 1.84. The summed E-state index contributed by atoms with van der Waals surface area (Å²) in [4.78, 5) is 2.58. The summed E-state index contributed by atoms with van der Waals surface area (Å²) in [6.07, 6.45) is 1.21. The molecule has 0 spiro atoms. The minimum absolute atomic E-state index is 0.947. The van der Waals surface area contributed by atoms with Crippen molar-refractivity contribution in [1.82, 2.24) is 4.84 Å². The molecule has 3 heteroatoms. The largest absolute Gasteiger partial charge is 0.234 e. The van der Waals surface area contributed by atoms with Crippen molar-refractivity contribution in [2.75, 3.05) is 6.54 Å². The van der Waals surface area contributed by atoms with Gasteiger partial charge in [0.1, 0.15) is 0 Å². The van der Waals surface area contributed by atoms with Crippen LogP contribution in [-0.2, 0) is 0 Å². The van der Waals surface area contributed by atoms with Gasteiger partial charge in [-0.05, 0) is 18.2 Å². The molecule has 0 saturated carbocycles. The Balaban J connectivity index is 2.45. The van der Waals surface area contributed by atoms with Crippen molar-refractivity contribution in [3.8, 4) is 0 Å². The Morgan fingerprint density at radius 2 is 2.43 bits per heavy atom. The van der Waals surface area contributed by atoms with E-state index in [9.17, 15) is 0 Å². The van der Waals surface area contributed by atoms with E-state index in [-0.39, 0.29) is 0 Å². The molecule has 0 aromatic carbocycles. The van der Waals surface area contributed by atoms with E-state index in [1.54, 1.807) is 0 Å². The SMILES string of the molecule is C[Si]CCCNCl. The van der Waals surface area contributed by atoms with Crippen LogP contribution in [0.2, 0.25) is 12.6 Å². The molecule has 0 bridgehead atoms. The Kier molecular flexibility index (Phi) is 6.90. The fourth-order valence-corrected chi connectivity index (χ4v) is 0.996. The van der Waals surface area contributed by atoms with Crippen LogP contribution in [0.15, 0.2) is 0 Å². The van der Waals surface area contributed by atoms with E-state index in [1.165, 1.54) is 12.5 Å². The van der Waals surface area contributed by atoms with Gasteiger partial charge in [-0.15, -0.1) is 0 Å². The second-order valence-electron chi connectivity index (χ2n) is 1.34. The van der Waals surface area contributed by atoms with Crippen LogP contribution in [0.25, 0.3) is 0 Å². The lowest BCUT2D eigenvalue weighted by Crippen LogP contribution is -2.00. The quantitative estimate of drug-likeness (QED) is 0.348. The second kappa shape index (κ2) is 6.47. The molecule has 0 amide bonds. The maximum atomic E-state index is 5.19. The van der Waals surface area contributed by atoms with Crippen LogP contribution >= 0.6 is 11.8 Å². The number of halogens is 1. The van der Waals surface area contributed by atoms with E-state index in [1.807, 2.05) is 0 Å². The zero-order valence-corrected chi connectivity index (χ0v) is 6.26. The smallest absolute Gasteiger partial charge is 0.0343 e. The topological polar surface area (TPSA) is 12.0 Å². The van der Waals surface area contributed by atoms with Crippen LogP contribution in [0.3, 0.4) is 0 Å². The van der Waals surface area contributed by atoms with E-state index < -0.39 is 0 Å². The summed E-state index contributed by atoms with van der Waals surface area (Å²) >= 11 is 5.19. The molecule has 0 aromatic rings. The highest BCUT2D eigenvalue weighted by atomic mass is 35.5. The Labute approximate surface area is 52.4 Å². The molecule has 0 aliphatic heterocycles. The monoisotopic (exact) mass is 135 g/mol. The summed E-state index contributed by atoms with van der Waals surface area (Å²) in [6.45, 7) is 3.15. The van der Waals surface area contributed by atoms with Gasteiger partial charge in [0.25, 0.3) is 0 Å². The standard InChI is InChI=1S/C4H10ClNSi/c1-7-4-2-3-6-5/h6H,2-4H2,1H3. The van der Waals surface area contributed by atoms with Crippen LogP contribution in [-0.4, -0.2) is 16.1 Å². The first-order valence-corrected chi connectivity index (χ1v) is 4.48. The normalized spacial score (nSPS) is 9.43. The molecule has 0 unspecified atom stereocenters. The van der Waals surface area contributed by atoms with Gasteiger partial charge >= 0.3 is 0 Å². The van der Waals surface area contributed by atoms with Crippen molar-refractivity contribution in [3.63, 3.8) is 0 Å². The highest BCUT2D eigenvalue weighted by Gasteiger charge is 1.81. The molecule has 0 rings (SSSR count). The molecule has 0 aromatic heterocycles. The summed E-state index contributed by atoms with van der Waals surface area (Å²) in [5.74, 6) is 0. The van der Waals surface area contributed by atoms with Gasteiger partial charge in [0, 0.05) is 16.1 Å². The Hall–Kier alpha value is 0.467. The lowest BCUT2D eigenvalue weighted by molar-refractivity contribution is 0.865. The summed E-state index contributed by atoms with van der Waals surface area (Å²) in [7, 11) is 1.07. The molecular formula is C4H10ClNSi. The van der Waals surface area contributed by atoms with E-state index in [0.717, 1.165) is 16.1 Å². The number of nitrogens with one attached hydrogen (secondary N) is 1. The van der Waals surface area contributed by atoms with Crippen molar-refractivity contribution >= 4 is 21.3 Å².